The van der Waals surface area contributed by atoms with E-state index in [0.29, 0.717) is 30.4 Å². The van der Waals surface area contributed by atoms with Crippen LogP contribution in [-0.4, -0.2) is 38.4 Å². The quantitative estimate of drug-likeness (QED) is 0.777. The molecule has 1 saturated heterocycles. The number of piperazine rings is 1. The van der Waals surface area contributed by atoms with Crippen molar-refractivity contribution in [1.29, 1.82) is 0 Å². The molecule has 0 radical (unpaired) electrons. The number of hydrogen-bond donors (Lipinski definition) is 0. The van der Waals surface area contributed by atoms with Gasteiger partial charge in [-0.25, -0.2) is 8.42 Å². The third-order valence-electron chi connectivity index (χ3n) is 5.16. The number of hydrogen-bond acceptors (Lipinski definition) is 3. The fourth-order valence-electron chi connectivity index (χ4n) is 3.68. The van der Waals surface area contributed by atoms with Crippen molar-refractivity contribution in [3.05, 3.63) is 59.7 Å². The average Bonchev–Trinajstić information content (AvgIpc) is 2.62. The minimum absolute atomic E-state index is 0.136. The van der Waals surface area contributed by atoms with Gasteiger partial charge in [0.25, 0.3) is 0 Å². The van der Waals surface area contributed by atoms with Crippen LogP contribution in [0.3, 0.4) is 0 Å². The first-order valence-corrected chi connectivity index (χ1v) is 11.1. The Balaban J connectivity index is 1.72. The molecule has 1 atom stereocenters. The van der Waals surface area contributed by atoms with Crippen molar-refractivity contribution < 1.29 is 8.42 Å². The monoisotopic (exact) mass is 386 g/mol. The van der Waals surface area contributed by atoms with E-state index < -0.39 is 10.0 Å². The Hall–Kier alpha value is -1.85. The van der Waals surface area contributed by atoms with Crippen molar-refractivity contribution in [1.82, 2.24) is 4.31 Å². The van der Waals surface area contributed by atoms with E-state index in [-0.39, 0.29) is 6.04 Å². The van der Waals surface area contributed by atoms with Crippen molar-refractivity contribution in [2.75, 3.05) is 24.5 Å². The van der Waals surface area contributed by atoms with E-state index in [1.54, 1.807) is 16.4 Å². The molecule has 5 heteroatoms. The lowest BCUT2D eigenvalue weighted by atomic mass is 10.0. The highest BCUT2D eigenvalue weighted by molar-refractivity contribution is 7.89. The summed E-state index contributed by atoms with van der Waals surface area (Å²) in [5, 5.41) is 0. The lowest BCUT2D eigenvalue weighted by molar-refractivity contribution is 0.342. The van der Waals surface area contributed by atoms with Crippen molar-refractivity contribution in [3.8, 4) is 0 Å². The molecule has 0 N–H and O–H groups in total. The van der Waals surface area contributed by atoms with Gasteiger partial charge in [-0.2, -0.15) is 4.31 Å². The van der Waals surface area contributed by atoms with E-state index in [1.807, 2.05) is 12.1 Å². The maximum atomic E-state index is 13.1. The van der Waals surface area contributed by atoms with Crippen molar-refractivity contribution in [2.45, 2.75) is 45.1 Å². The SMILES string of the molecule is Cc1ccc(N2CCN(S(=O)(=O)c3ccc(CC(C)C)cc3)CC2C)cc1. The van der Waals surface area contributed by atoms with Crippen LogP contribution in [0.4, 0.5) is 5.69 Å². The Morgan fingerprint density at radius 3 is 2.19 bits per heavy atom. The molecule has 0 bridgehead atoms. The van der Waals surface area contributed by atoms with Crippen LogP contribution in [0.5, 0.6) is 0 Å². The van der Waals surface area contributed by atoms with Crippen molar-refractivity contribution in [2.24, 2.45) is 5.92 Å². The summed E-state index contributed by atoms with van der Waals surface area (Å²) in [5.41, 5.74) is 3.57. The fourth-order valence-corrected chi connectivity index (χ4v) is 5.19. The Morgan fingerprint density at radius 2 is 1.63 bits per heavy atom. The summed E-state index contributed by atoms with van der Waals surface area (Å²) in [6, 6.07) is 16.0. The second-order valence-electron chi connectivity index (χ2n) is 7.98. The molecule has 1 aliphatic heterocycles. The molecule has 0 saturated carbocycles. The predicted octanol–water partition coefficient (Wildman–Crippen LogP) is 4.09. The molecule has 0 spiro atoms. The molecule has 27 heavy (non-hydrogen) atoms. The zero-order valence-electron chi connectivity index (χ0n) is 16.7. The standard InChI is InChI=1S/C22H30N2O2S/c1-17(2)15-20-7-11-22(12-8-20)27(25,26)23-13-14-24(19(4)16-23)21-9-5-18(3)6-10-21/h5-12,17,19H,13-16H2,1-4H3. The lowest BCUT2D eigenvalue weighted by Gasteiger charge is -2.40. The summed E-state index contributed by atoms with van der Waals surface area (Å²) < 4.78 is 27.7. The van der Waals surface area contributed by atoms with Gasteiger partial charge in [-0.3, -0.25) is 0 Å². The lowest BCUT2D eigenvalue weighted by Crippen LogP contribution is -2.53. The molecule has 4 nitrogen and oxygen atoms in total. The van der Waals surface area contributed by atoms with Crippen molar-refractivity contribution in [3.63, 3.8) is 0 Å². The van der Waals surface area contributed by atoms with Crippen LogP contribution in [0.25, 0.3) is 0 Å². The van der Waals surface area contributed by atoms with Gasteiger partial charge in [-0.1, -0.05) is 43.7 Å². The maximum absolute atomic E-state index is 13.1. The van der Waals surface area contributed by atoms with Gasteiger partial charge < -0.3 is 4.90 Å². The normalized spacial score (nSPS) is 18.9. The molecule has 0 aromatic heterocycles. The number of anilines is 1. The Morgan fingerprint density at radius 1 is 1.00 bits per heavy atom. The van der Waals surface area contributed by atoms with E-state index in [2.05, 4.69) is 56.9 Å². The largest absolute Gasteiger partial charge is 0.366 e. The molecule has 146 valence electrons. The minimum Gasteiger partial charge on any atom is -0.366 e. The van der Waals surface area contributed by atoms with Gasteiger partial charge in [-0.05, 0) is 56.0 Å². The van der Waals surface area contributed by atoms with E-state index >= 15 is 0 Å². The van der Waals surface area contributed by atoms with Gasteiger partial charge in [0.1, 0.15) is 0 Å². The summed E-state index contributed by atoms with van der Waals surface area (Å²) in [6.45, 7) is 10.2. The van der Waals surface area contributed by atoms with Gasteiger partial charge in [-0.15, -0.1) is 0 Å². The molecule has 0 aliphatic carbocycles. The third kappa shape index (κ3) is 4.53. The van der Waals surface area contributed by atoms with Gasteiger partial charge in [0.05, 0.1) is 4.90 Å². The molecule has 0 amide bonds. The van der Waals surface area contributed by atoms with E-state index in [4.69, 9.17) is 0 Å². The smallest absolute Gasteiger partial charge is 0.243 e. The topological polar surface area (TPSA) is 40.6 Å². The first-order valence-electron chi connectivity index (χ1n) is 9.70. The molecule has 2 aromatic rings. The number of nitrogens with zero attached hydrogens (tertiary/aromatic N) is 2. The molecular formula is C22H30N2O2S. The van der Waals surface area contributed by atoms with Crippen LogP contribution in [0.2, 0.25) is 0 Å². The predicted molar refractivity (Wildman–Crippen MR) is 112 cm³/mol. The van der Waals surface area contributed by atoms with Crippen LogP contribution in [0.15, 0.2) is 53.4 Å². The number of rotatable bonds is 5. The summed E-state index contributed by atoms with van der Waals surface area (Å²) in [5.74, 6) is 0.558. The van der Waals surface area contributed by atoms with E-state index in [9.17, 15) is 8.42 Å². The molecule has 1 heterocycles. The van der Waals surface area contributed by atoms with Crippen LogP contribution < -0.4 is 4.90 Å². The van der Waals surface area contributed by atoms with E-state index in [0.717, 1.165) is 12.1 Å². The first-order chi connectivity index (χ1) is 12.8. The van der Waals surface area contributed by atoms with Gasteiger partial charge in [0.2, 0.25) is 10.0 Å². The minimum atomic E-state index is -3.45. The number of aryl methyl sites for hydroxylation is 1. The van der Waals surface area contributed by atoms with Crippen LogP contribution in [-0.2, 0) is 16.4 Å². The molecule has 1 unspecified atom stereocenters. The highest BCUT2D eigenvalue weighted by Gasteiger charge is 2.32. The van der Waals surface area contributed by atoms with Crippen LogP contribution in [0.1, 0.15) is 31.9 Å². The summed E-state index contributed by atoms with van der Waals surface area (Å²) in [4.78, 5) is 2.68. The molecule has 1 fully saturated rings. The first kappa shape index (κ1) is 19.9. The third-order valence-corrected chi connectivity index (χ3v) is 7.04. The Labute approximate surface area is 163 Å². The highest BCUT2D eigenvalue weighted by Crippen LogP contribution is 2.25. The molecule has 1 aliphatic rings. The van der Waals surface area contributed by atoms with Gasteiger partial charge >= 0.3 is 0 Å². The fraction of sp³-hybridized carbons (Fsp3) is 0.455. The van der Waals surface area contributed by atoms with Crippen molar-refractivity contribution >= 4 is 15.7 Å². The molecule has 3 rings (SSSR count). The summed E-state index contributed by atoms with van der Waals surface area (Å²) >= 11 is 0. The number of benzene rings is 2. The van der Waals surface area contributed by atoms with Gasteiger partial charge in [0, 0.05) is 31.4 Å². The maximum Gasteiger partial charge on any atom is 0.243 e. The zero-order chi connectivity index (χ0) is 19.6. The second-order valence-corrected chi connectivity index (χ2v) is 9.92. The van der Waals surface area contributed by atoms with Crippen LogP contribution >= 0.6 is 0 Å². The van der Waals surface area contributed by atoms with Crippen LogP contribution in [0, 0.1) is 12.8 Å². The summed E-state index contributed by atoms with van der Waals surface area (Å²) in [7, 11) is -3.45. The summed E-state index contributed by atoms with van der Waals surface area (Å²) in [6.07, 6.45) is 0.965. The number of sulfonamides is 1. The zero-order valence-corrected chi connectivity index (χ0v) is 17.5. The molecular weight excluding hydrogens is 356 g/mol. The highest BCUT2D eigenvalue weighted by atomic mass is 32.2. The van der Waals surface area contributed by atoms with Gasteiger partial charge in [0.15, 0.2) is 0 Å². The second kappa shape index (κ2) is 8.03. The average molecular weight is 387 g/mol. The Bertz CT molecular complexity index is 858. The Kier molecular flexibility index (Phi) is 5.92. The van der Waals surface area contributed by atoms with E-state index in [1.165, 1.54) is 11.1 Å². The molecule has 2 aromatic carbocycles.